The molecule has 3 nitrogen and oxygen atoms in total. The molecule has 0 aromatic carbocycles. The van der Waals surface area contributed by atoms with E-state index in [0.29, 0.717) is 12.2 Å². The van der Waals surface area contributed by atoms with E-state index in [-0.39, 0.29) is 18.3 Å². The Bertz CT molecular complexity index is 343. The highest BCUT2D eigenvalue weighted by Gasteiger charge is 2.15. The molecule has 0 radical (unpaired) electrons. The van der Waals surface area contributed by atoms with Gasteiger partial charge in [-0.2, -0.15) is 0 Å². The highest BCUT2D eigenvalue weighted by atomic mass is 79.9. The summed E-state index contributed by atoms with van der Waals surface area (Å²) in [5.74, 6) is 0.756. The largest absolute Gasteiger partial charge is 0.310 e. The number of nitrogens with one attached hydrogen (secondary N) is 1. The summed E-state index contributed by atoms with van der Waals surface area (Å²) in [7, 11) is 0. The van der Waals surface area contributed by atoms with Gasteiger partial charge >= 0.3 is 0 Å². The van der Waals surface area contributed by atoms with Crippen LogP contribution in [0, 0.1) is 0 Å². The zero-order valence-electron chi connectivity index (χ0n) is 6.71. The molecule has 0 aliphatic carbocycles. The van der Waals surface area contributed by atoms with E-state index in [4.69, 9.17) is 0 Å². The number of carbonyl (C=O) groups excluding carboxylic acids is 1. The van der Waals surface area contributed by atoms with Crippen molar-refractivity contribution >= 4 is 40.1 Å². The van der Waals surface area contributed by atoms with Gasteiger partial charge in [0.05, 0.1) is 0 Å². The zero-order valence-corrected chi connectivity index (χ0v) is 9.11. The standard InChI is InChI=1S/C8H7BrN2O.ClH/c9-6-3-5-1-2-7(12)11-8(5)10-4-6;/h3-4H,1-2H2,(H,10,11,12);1H. The monoisotopic (exact) mass is 262 g/mol. The summed E-state index contributed by atoms with van der Waals surface area (Å²) in [6, 6.07) is 1.99. The number of halogens is 2. The zero-order chi connectivity index (χ0) is 8.55. The van der Waals surface area contributed by atoms with Crippen molar-refractivity contribution in [3.8, 4) is 0 Å². The number of aromatic nitrogens is 1. The predicted molar refractivity (Wildman–Crippen MR) is 56.1 cm³/mol. The lowest BCUT2D eigenvalue weighted by Gasteiger charge is -2.14. The molecule has 0 saturated carbocycles. The molecular formula is C8H8BrClN2O. The van der Waals surface area contributed by atoms with E-state index in [1.54, 1.807) is 6.20 Å². The van der Waals surface area contributed by atoms with E-state index in [9.17, 15) is 4.79 Å². The van der Waals surface area contributed by atoms with Crippen molar-refractivity contribution in [2.24, 2.45) is 0 Å². The summed E-state index contributed by atoms with van der Waals surface area (Å²) in [5, 5.41) is 2.72. The predicted octanol–water partition coefficient (Wildman–Crippen LogP) is 2.15. The number of amides is 1. The average Bonchev–Trinajstić information content (AvgIpc) is 2.05. The molecule has 0 unspecified atom stereocenters. The molecule has 5 heteroatoms. The van der Waals surface area contributed by atoms with Crippen molar-refractivity contribution in [1.82, 2.24) is 4.98 Å². The second-order valence-corrected chi connectivity index (χ2v) is 3.63. The molecule has 0 saturated heterocycles. The van der Waals surface area contributed by atoms with Gasteiger partial charge in [-0.05, 0) is 34.0 Å². The number of rotatable bonds is 0. The third kappa shape index (κ3) is 2.19. The Balaban J connectivity index is 0.000000845. The molecule has 13 heavy (non-hydrogen) atoms. The average molecular weight is 264 g/mol. The number of aryl methyl sites for hydroxylation is 1. The number of fused-ring (bicyclic) bond motifs is 1. The van der Waals surface area contributed by atoms with Crippen molar-refractivity contribution in [3.63, 3.8) is 0 Å². The first-order chi connectivity index (χ1) is 5.75. The minimum atomic E-state index is 0. The molecule has 1 aliphatic rings. The molecule has 1 amide bonds. The van der Waals surface area contributed by atoms with Crippen LogP contribution in [0.4, 0.5) is 5.82 Å². The Kier molecular flexibility index (Phi) is 3.27. The fourth-order valence-electron chi connectivity index (χ4n) is 1.23. The smallest absolute Gasteiger partial charge is 0.225 e. The lowest BCUT2D eigenvalue weighted by molar-refractivity contribution is -0.116. The molecule has 0 spiro atoms. The first-order valence-corrected chi connectivity index (χ1v) is 4.49. The van der Waals surface area contributed by atoms with E-state index in [1.807, 2.05) is 6.07 Å². The first-order valence-electron chi connectivity index (χ1n) is 3.70. The molecule has 2 heterocycles. The van der Waals surface area contributed by atoms with E-state index in [0.717, 1.165) is 16.5 Å². The second kappa shape index (κ2) is 4.07. The molecule has 0 fully saturated rings. The Hall–Kier alpha value is -0.610. The van der Waals surface area contributed by atoms with Gasteiger partial charge < -0.3 is 5.32 Å². The Morgan fingerprint density at radius 1 is 1.46 bits per heavy atom. The van der Waals surface area contributed by atoms with Gasteiger partial charge in [0.25, 0.3) is 0 Å². The van der Waals surface area contributed by atoms with Crippen LogP contribution in [0.1, 0.15) is 12.0 Å². The Morgan fingerprint density at radius 3 is 3.00 bits per heavy atom. The van der Waals surface area contributed by atoms with Crippen molar-refractivity contribution < 1.29 is 4.79 Å². The molecule has 0 bridgehead atoms. The van der Waals surface area contributed by atoms with Crippen LogP contribution in [0.25, 0.3) is 0 Å². The topological polar surface area (TPSA) is 42.0 Å². The molecular weight excluding hydrogens is 255 g/mol. The van der Waals surface area contributed by atoms with Crippen LogP contribution in [0.2, 0.25) is 0 Å². The molecule has 70 valence electrons. The van der Waals surface area contributed by atoms with Gasteiger partial charge in [-0.25, -0.2) is 4.98 Å². The van der Waals surface area contributed by atoms with Crippen molar-refractivity contribution in [3.05, 3.63) is 22.3 Å². The maximum atomic E-state index is 10.9. The molecule has 1 aliphatic heterocycles. The molecule has 1 N–H and O–H groups in total. The quantitative estimate of drug-likeness (QED) is 0.779. The molecule has 0 atom stereocenters. The van der Waals surface area contributed by atoms with E-state index in [1.165, 1.54) is 0 Å². The van der Waals surface area contributed by atoms with Crippen molar-refractivity contribution in [2.45, 2.75) is 12.8 Å². The fourth-order valence-corrected chi connectivity index (χ4v) is 1.61. The van der Waals surface area contributed by atoms with Crippen LogP contribution in [-0.4, -0.2) is 10.9 Å². The highest BCUT2D eigenvalue weighted by Crippen LogP contribution is 2.22. The SMILES string of the molecule is Cl.O=C1CCc2cc(Br)cnc2N1. The third-order valence-corrected chi connectivity index (χ3v) is 2.25. The maximum absolute atomic E-state index is 10.9. The van der Waals surface area contributed by atoms with Gasteiger partial charge in [0.2, 0.25) is 5.91 Å². The van der Waals surface area contributed by atoms with Crippen LogP contribution in [0.5, 0.6) is 0 Å². The minimum Gasteiger partial charge on any atom is -0.310 e. The van der Waals surface area contributed by atoms with Gasteiger partial charge in [-0.3, -0.25) is 4.79 Å². The van der Waals surface area contributed by atoms with Gasteiger partial charge in [-0.15, -0.1) is 12.4 Å². The molecule has 2 rings (SSSR count). The van der Waals surface area contributed by atoms with Gasteiger partial charge in [-0.1, -0.05) is 0 Å². The summed E-state index contributed by atoms with van der Waals surface area (Å²) in [5.41, 5.74) is 1.10. The molecule has 1 aromatic rings. The molecule has 1 aromatic heterocycles. The number of hydrogen-bond donors (Lipinski definition) is 1. The summed E-state index contributed by atoms with van der Waals surface area (Å²) >= 11 is 3.33. The third-order valence-electron chi connectivity index (χ3n) is 1.81. The van der Waals surface area contributed by atoms with Gasteiger partial charge in [0.15, 0.2) is 0 Å². The Labute approximate surface area is 90.5 Å². The number of carbonyl (C=O) groups is 1. The van der Waals surface area contributed by atoms with Crippen LogP contribution >= 0.6 is 28.3 Å². The van der Waals surface area contributed by atoms with Crippen molar-refractivity contribution in [2.75, 3.05) is 5.32 Å². The van der Waals surface area contributed by atoms with E-state index in [2.05, 4.69) is 26.2 Å². The first kappa shape index (κ1) is 10.5. The number of hydrogen-bond acceptors (Lipinski definition) is 2. The number of anilines is 1. The second-order valence-electron chi connectivity index (χ2n) is 2.71. The van der Waals surface area contributed by atoms with Crippen LogP contribution in [0.15, 0.2) is 16.7 Å². The van der Waals surface area contributed by atoms with E-state index < -0.39 is 0 Å². The summed E-state index contributed by atoms with van der Waals surface area (Å²) in [4.78, 5) is 15.0. The number of pyridine rings is 1. The lowest BCUT2D eigenvalue weighted by atomic mass is 10.1. The maximum Gasteiger partial charge on any atom is 0.225 e. The normalized spacial score (nSPS) is 14.1. The van der Waals surface area contributed by atoms with Crippen LogP contribution in [-0.2, 0) is 11.2 Å². The summed E-state index contributed by atoms with van der Waals surface area (Å²) in [6.07, 6.45) is 3.03. The van der Waals surface area contributed by atoms with E-state index >= 15 is 0 Å². The van der Waals surface area contributed by atoms with Crippen LogP contribution < -0.4 is 5.32 Å². The highest BCUT2D eigenvalue weighted by molar-refractivity contribution is 9.10. The summed E-state index contributed by atoms with van der Waals surface area (Å²) in [6.45, 7) is 0. The number of nitrogens with zero attached hydrogens (tertiary/aromatic N) is 1. The van der Waals surface area contributed by atoms with Gasteiger partial charge in [0.1, 0.15) is 5.82 Å². The Morgan fingerprint density at radius 2 is 2.23 bits per heavy atom. The lowest BCUT2D eigenvalue weighted by Crippen LogP contribution is -2.19. The van der Waals surface area contributed by atoms with Crippen LogP contribution in [0.3, 0.4) is 0 Å². The minimum absolute atomic E-state index is 0. The summed E-state index contributed by atoms with van der Waals surface area (Å²) < 4.78 is 0.956. The van der Waals surface area contributed by atoms with Gasteiger partial charge in [0, 0.05) is 17.1 Å². The fraction of sp³-hybridized carbons (Fsp3) is 0.250. The van der Waals surface area contributed by atoms with Crippen molar-refractivity contribution in [1.29, 1.82) is 0 Å².